The van der Waals surface area contributed by atoms with Gasteiger partial charge in [0.05, 0.1) is 5.69 Å². The van der Waals surface area contributed by atoms with Crippen molar-refractivity contribution >= 4 is 27.5 Å². The first-order valence-corrected chi connectivity index (χ1v) is 6.05. The molecule has 0 aliphatic heterocycles. The number of amides is 1. The maximum atomic E-state index is 11.7. The molecule has 1 unspecified atom stereocenters. The SMILES string of the molecule is Cc1cc(Br)cc(N)c1OC(C)C(=O)N(C)C. The van der Waals surface area contributed by atoms with Gasteiger partial charge in [0.2, 0.25) is 0 Å². The van der Waals surface area contributed by atoms with Crippen LogP contribution < -0.4 is 10.5 Å². The van der Waals surface area contributed by atoms with Gasteiger partial charge in [0, 0.05) is 18.6 Å². The number of likely N-dealkylation sites (N-methyl/N-ethyl adjacent to an activating group) is 1. The van der Waals surface area contributed by atoms with Crippen LogP contribution in [0.1, 0.15) is 12.5 Å². The second-order valence-corrected chi connectivity index (χ2v) is 5.05. The van der Waals surface area contributed by atoms with Crippen LogP contribution in [0.4, 0.5) is 5.69 Å². The molecule has 2 N–H and O–H groups in total. The molecule has 1 atom stereocenters. The molecule has 1 aromatic carbocycles. The Morgan fingerprint density at radius 2 is 2.06 bits per heavy atom. The second kappa shape index (κ2) is 5.40. The monoisotopic (exact) mass is 300 g/mol. The molecule has 0 aliphatic carbocycles. The molecule has 1 aromatic rings. The van der Waals surface area contributed by atoms with Gasteiger partial charge in [-0.15, -0.1) is 0 Å². The highest BCUT2D eigenvalue weighted by molar-refractivity contribution is 9.10. The van der Waals surface area contributed by atoms with Gasteiger partial charge in [-0.1, -0.05) is 15.9 Å². The lowest BCUT2D eigenvalue weighted by molar-refractivity contribution is -0.135. The van der Waals surface area contributed by atoms with E-state index in [-0.39, 0.29) is 5.91 Å². The zero-order valence-corrected chi connectivity index (χ0v) is 12.0. The Bertz CT molecular complexity index is 410. The number of ether oxygens (including phenoxy) is 1. The first-order valence-electron chi connectivity index (χ1n) is 5.26. The quantitative estimate of drug-likeness (QED) is 0.871. The molecule has 0 fully saturated rings. The number of carbonyl (C=O) groups excluding carboxylic acids is 1. The van der Waals surface area contributed by atoms with E-state index in [1.807, 2.05) is 13.0 Å². The Morgan fingerprint density at radius 3 is 2.53 bits per heavy atom. The minimum Gasteiger partial charge on any atom is -0.478 e. The number of benzene rings is 1. The van der Waals surface area contributed by atoms with Crippen LogP contribution in [-0.4, -0.2) is 31.0 Å². The van der Waals surface area contributed by atoms with Crippen LogP contribution in [0.5, 0.6) is 5.75 Å². The number of carbonyl (C=O) groups is 1. The van der Waals surface area contributed by atoms with E-state index in [0.717, 1.165) is 10.0 Å². The molecule has 0 saturated heterocycles. The zero-order chi connectivity index (χ0) is 13.2. The number of anilines is 1. The minimum atomic E-state index is -0.549. The first kappa shape index (κ1) is 13.8. The average molecular weight is 301 g/mol. The van der Waals surface area contributed by atoms with E-state index in [4.69, 9.17) is 10.5 Å². The van der Waals surface area contributed by atoms with Crippen LogP contribution >= 0.6 is 15.9 Å². The van der Waals surface area contributed by atoms with Crippen molar-refractivity contribution in [1.82, 2.24) is 4.90 Å². The Labute approximate surface area is 110 Å². The van der Waals surface area contributed by atoms with Gasteiger partial charge in [-0.05, 0) is 31.5 Å². The topological polar surface area (TPSA) is 55.6 Å². The molecule has 1 rings (SSSR count). The van der Waals surface area contributed by atoms with Crippen molar-refractivity contribution in [2.24, 2.45) is 0 Å². The van der Waals surface area contributed by atoms with E-state index in [1.165, 1.54) is 4.90 Å². The molecule has 5 heteroatoms. The molecular weight excluding hydrogens is 284 g/mol. The summed E-state index contributed by atoms with van der Waals surface area (Å²) >= 11 is 3.35. The summed E-state index contributed by atoms with van der Waals surface area (Å²) in [7, 11) is 3.39. The number of nitrogens with zero attached hydrogens (tertiary/aromatic N) is 1. The molecular formula is C12H17BrN2O2. The lowest BCUT2D eigenvalue weighted by atomic mass is 10.2. The molecule has 0 aliphatic rings. The molecule has 0 heterocycles. The molecule has 0 saturated carbocycles. The fraction of sp³-hybridized carbons (Fsp3) is 0.417. The van der Waals surface area contributed by atoms with Crippen molar-refractivity contribution in [2.45, 2.75) is 20.0 Å². The summed E-state index contributed by atoms with van der Waals surface area (Å²) in [5, 5.41) is 0. The minimum absolute atomic E-state index is 0.0910. The molecule has 94 valence electrons. The predicted octanol–water partition coefficient (Wildman–Crippen LogP) is 2.20. The summed E-state index contributed by atoms with van der Waals surface area (Å²) in [6, 6.07) is 3.66. The van der Waals surface area contributed by atoms with Crippen molar-refractivity contribution in [3.63, 3.8) is 0 Å². The van der Waals surface area contributed by atoms with E-state index in [0.29, 0.717) is 11.4 Å². The third kappa shape index (κ3) is 3.36. The van der Waals surface area contributed by atoms with E-state index >= 15 is 0 Å². The molecule has 0 radical (unpaired) electrons. The third-order valence-electron chi connectivity index (χ3n) is 2.35. The number of halogens is 1. The van der Waals surface area contributed by atoms with E-state index in [2.05, 4.69) is 15.9 Å². The Kier molecular flexibility index (Phi) is 4.40. The van der Waals surface area contributed by atoms with Gasteiger partial charge in [0.1, 0.15) is 5.75 Å². The molecule has 1 amide bonds. The van der Waals surface area contributed by atoms with Crippen molar-refractivity contribution in [2.75, 3.05) is 19.8 Å². The van der Waals surface area contributed by atoms with Gasteiger partial charge in [0.25, 0.3) is 5.91 Å². The van der Waals surface area contributed by atoms with Crippen LogP contribution in [0.3, 0.4) is 0 Å². The fourth-order valence-corrected chi connectivity index (χ4v) is 2.10. The Hall–Kier alpha value is -1.23. The maximum absolute atomic E-state index is 11.7. The third-order valence-corrected chi connectivity index (χ3v) is 2.81. The van der Waals surface area contributed by atoms with E-state index in [1.54, 1.807) is 27.1 Å². The van der Waals surface area contributed by atoms with Crippen molar-refractivity contribution in [3.05, 3.63) is 22.2 Å². The van der Waals surface area contributed by atoms with E-state index in [9.17, 15) is 4.79 Å². The van der Waals surface area contributed by atoms with Gasteiger partial charge >= 0.3 is 0 Å². The zero-order valence-electron chi connectivity index (χ0n) is 10.5. The maximum Gasteiger partial charge on any atom is 0.262 e. The Balaban J connectivity index is 2.92. The molecule has 0 bridgehead atoms. The summed E-state index contributed by atoms with van der Waals surface area (Å²) in [5.74, 6) is 0.475. The number of aryl methyl sites for hydroxylation is 1. The van der Waals surface area contributed by atoms with Gasteiger partial charge in [0.15, 0.2) is 6.10 Å². The summed E-state index contributed by atoms with van der Waals surface area (Å²) in [5.41, 5.74) is 7.29. The molecule has 0 spiro atoms. The van der Waals surface area contributed by atoms with Crippen LogP contribution in [0.15, 0.2) is 16.6 Å². The Morgan fingerprint density at radius 1 is 1.47 bits per heavy atom. The molecule has 0 aromatic heterocycles. The van der Waals surface area contributed by atoms with Crippen LogP contribution in [-0.2, 0) is 4.79 Å². The van der Waals surface area contributed by atoms with Crippen molar-refractivity contribution < 1.29 is 9.53 Å². The molecule has 17 heavy (non-hydrogen) atoms. The normalized spacial score (nSPS) is 12.1. The average Bonchev–Trinajstić information content (AvgIpc) is 2.21. The van der Waals surface area contributed by atoms with Gasteiger partial charge in [-0.3, -0.25) is 4.79 Å². The number of hydrogen-bond donors (Lipinski definition) is 1. The number of nitrogens with two attached hydrogens (primary N) is 1. The lowest BCUT2D eigenvalue weighted by Crippen LogP contribution is -2.35. The van der Waals surface area contributed by atoms with Crippen molar-refractivity contribution in [3.8, 4) is 5.75 Å². The van der Waals surface area contributed by atoms with Gasteiger partial charge in [-0.2, -0.15) is 0 Å². The highest BCUT2D eigenvalue weighted by Crippen LogP contribution is 2.30. The van der Waals surface area contributed by atoms with Crippen LogP contribution in [0.25, 0.3) is 0 Å². The van der Waals surface area contributed by atoms with Crippen LogP contribution in [0, 0.1) is 6.92 Å². The predicted molar refractivity (Wildman–Crippen MR) is 72.1 cm³/mol. The van der Waals surface area contributed by atoms with Crippen LogP contribution in [0.2, 0.25) is 0 Å². The van der Waals surface area contributed by atoms with Gasteiger partial charge in [-0.25, -0.2) is 0 Å². The summed E-state index contributed by atoms with van der Waals surface area (Å²) in [6.07, 6.45) is -0.549. The first-order chi connectivity index (χ1) is 7.82. The number of nitrogen functional groups attached to an aromatic ring is 1. The number of rotatable bonds is 3. The summed E-state index contributed by atoms with van der Waals surface area (Å²) < 4.78 is 6.51. The van der Waals surface area contributed by atoms with Gasteiger partial charge < -0.3 is 15.4 Å². The summed E-state index contributed by atoms with van der Waals surface area (Å²) in [6.45, 7) is 3.60. The standard InChI is InChI=1S/C12H17BrN2O2/c1-7-5-9(13)6-10(14)11(7)17-8(2)12(16)15(3)4/h5-6,8H,14H2,1-4H3. The highest BCUT2D eigenvalue weighted by Gasteiger charge is 2.18. The van der Waals surface area contributed by atoms with Crippen molar-refractivity contribution in [1.29, 1.82) is 0 Å². The largest absolute Gasteiger partial charge is 0.478 e. The number of hydrogen-bond acceptors (Lipinski definition) is 3. The lowest BCUT2D eigenvalue weighted by Gasteiger charge is -2.20. The smallest absolute Gasteiger partial charge is 0.262 e. The summed E-state index contributed by atoms with van der Waals surface area (Å²) in [4.78, 5) is 13.2. The highest BCUT2D eigenvalue weighted by atomic mass is 79.9. The second-order valence-electron chi connectivity index (χ2n) is 4.13. The van der Waals surface area contributed by atoms with E-state index < -0.39 is 6.10 Å². The fourth-order valence-electron chi connectivity index (χ4n) is 1.51. The molecule has 4 nitrogen and oxygen atoms in total.